The molecule has 3 heteroatoms. The molecule has 0 aliphatic heterocycles. The summed E-state index contributed by atoms with van der Waals surface area (Å²) >= 11 is 0. The van der Waals surface area contributed by atoms with Crippen LogP contribution in [0, 0.1) is 0 Å². The second-order valence-corrected chi connectivity index (χ2v) is 4.73. The number of nitrogens with zero attached hydrogens (tertiary/aromatic N) is 1. The van der Waals surface area contributed by atoms with Gasteiger partial charge in [0.25, 0.3) is 0 Å². The van der Waals surface area contributed by atoms with Crippen molar-refractivity contribution in [3.63, 3.8) is 0 Å². The number of aliphatic hydroxyl groups is 1. The highest BCUT2D eigenvalue weighted by atomic mass is 16.3. The van der Waals surface area contributed by atoms with Crippen LogP contribution in [-0.2, 0) is 6.54 Å². The smallest absolute Gasteiger partial charge is 0.0606 e. The Morgan fingerprint density at radius 2 is 1.82 bits per heavy atom. The Kier molecular flexibility index (Phi) is 4.40. The first-order chi connectivity index (χ1) is 8.35. The zero-order valence-electron chi connectivity index (χ0n) is 10.3. The molecule has 1 aliphatic carbocycles. The molecule has 0 heterocycles. The van der Waals surface area contributed by atoms with E-state index in [0.717, 1.165) is 12.1 Å². The van der Waals surface area contributed by atoms with E-state index in [2.05, 4.69) is 29.2 Å². The molecule has 0 aromatic heterocycles. The van der Waals surface area contributed by atoms with Gasteiger partial charge < -0.3 is 15.7 Å². The van der Waals surface area contributed by atoms with Gasteiger partial charge in [-0.05, 0) is 30.5 Å². The van der Waals surface area contributed by atoms with E-state index in [1.165, 1.54) is 31.4 Å². The van der Waals surface area contributed by atoms with Gasteiger partial charge in [-0.25, -0.2) is 0 Å². The van der Waals surface area contributed by atoms with Gasteiger partial charge in [-0.3, -0.25) is 0 Å². The number of hydrogen-bond donors (Lipinski definition) is 2. The third-order valence-electron chi connectivity index (χ3n) is 3.61. The van der Waals surface area contributed by atoms with E-state index in [1.54, 1.807) is 0 Å². The lowest BCUT2D eigenvalue weighted by atomic mass is 10.1. The molecule has 0 bridgehead atoms. The number of nitrogens with two attached hydrogens (primary N) is 1. The Bertz CT molecular complexity index is 331. The van der Waals surface area contributed by atoms with Gasteiger partial charge in [0.05, 0.1) is 6.61 Å². The summed E-state index contributed by atoms with van der Waals surface area (Å²) in [5.41, 5.74) is 7.97. The summed E-state index contributed by atoms with van der Waals surface area (Å²) in [6.45, 7) is 1.53. The molecule has 0 radical (unpaired) electrons. The first-order valence-electron chi connectivity index (χ1n) is 6.51. The monoisotopic (exact) mass is 234 g/mol. The predicted molar refractivity (Wildman–Crippen MR) is 71.0 cm³/mol. The molecular formula is C14H22N2O. The third kappa shape index (κ3) is 2.99. The molecule has 0 atom stereocenters. The summed E-state index contributed by atoms with van der Waals surface area (Å²) in [4.78, 5) is 2.34. The lowest BCUT2D eigenvalue weighted by Crippen LogP contribution is -2.35. The van der Waals surface area contributed by atoms with Crippen LogP contribution in [0.15, 0.2) is 24.3 Å². The average molecular weight is 234 g/mol. The lowest BCUT2D eigenvalue weighted by molar-refractivity contribution is 0.297. The molecule has 3 N–H and O–H groups in total. The molecule has 1 aromatic carbocycles. The second-order valence-electron chi connectivity index (χ2n) is 4.73. The Morgan fingerprint density at radius 1 is 1.18 bits per heavy atom. The summed E-state index contributed by atoms with van der Waals surface area (Å²) in [7, 11) is 0. The van der Waals surface area contributed by atoms with Crippen molar-refractivity contribution >= 4 is 5.69 Å². The van der Waals surface area contributed by atoms with Crippen LogP contribution >= 0.6 is 0 Å². The van der Waals surface area contributed by atoms with Gasteiger partial charge in [0.1, 0.15) is 0 Å². The fraction of sp³-hybridized carbons (Fsp3) is 0.571. The summed E-state index contributed by atoms with van der Waals surface area (Å²) in [6, 6.07) is 9.00. The van der Waals surface area contributed by atoms with Gasteiger partial charge in [-0.1, -0.05) is 25.0 Å². The number of aliphatic hydroxyl groups excluding tert-OH is 1. The van der Waals surface area contributed by atoms with Crippen LogP contribution in [0.1, 0.15) is 31.2 Å². The minimum absolute atomic E-state index is 0.217. The minimum atomic E-state index is 0.217. The molecule has 1 fully saturated rings. The van der Waals surface area contributed by atoms with Crippen molar-refractivity contribution < 1.29 is 5.11 Å². The molecule has 0 spiro atoms. The van der Waals surface area contributed by atoms with E-state index >= 15 is 0 Å². The maximum absolute atomic E-state index is 9.20. The van der Waals surface area contributed by atoms with Crippen LogP contribution in [0.2, 0.25) is 0 Å². The molecule has 1 saturated carbocycles. The Hall–Kier alpha value is -1.06. The minimum Gasteiger partial charge on any atom is -0.395 e. The summed E-state index contributed by atoms with van der Waals surface area (Å²) in [5, 5.41) is 9.20. The lowest BCUT2D eigenvalue weighted by Gasteiger charge is -2.30. The number of hydrogen-bond acceptors (Lipinski definition) is 3. The van der Waals surface area contributed by atoms with Crippen molar-refractivity contribution in [2.24, 2.45) is 5.73 Å². The quantitative estimate of drug-likeness (QED) is 0.818. The highest BCUT2D eigenvalue weighted by molar-refractivity contribution is 5.48. The van der Waals surface area contributed by atoms with E-state index in [-0.39, 0.29) is 6.61 Å². The van der Waals surface area contributed by atoms with Crippen LogP contribution in [0.5, 0.6) is 0 Å². The van der Waals surface area contributed by atoms with E-state index in [1.807, 2.05) is 0 Å². The van der Waals surface area contributed by atoms with Crippen molar-refractivity contribution in [2.75, 3.05) is 18.1 Å². The van der Waals surface area contributed by atoms with E-state index < -0.39 is 0 Å². The van der Waals surface area contributed by atoms with Gasteiger partial charge in [0.15, 0.2) is 0 Å². The van der Waals surface area contributed by atoms with Crippen molar-refractivity contribution in [3.05, 3.63) is 29.8 Å². The average Bonchev–Trinajstić information content (AvgIpc) is 2.90. The van der Waals surface area contributed by atoms with Gasteiger partial charge >= 0.3 is 0 Å². The van der Waals surface area contributed by atoms with Crippen LogP contribution in [0.25, 0.3) is 0 Å². The summed E-state index contributed by atoms with van der Waals surface area (Å²) in [6.07, 6.45) is 5.12. The largest absolute Gasteiger partial charge is 0.395 e. The fourth-order valence-corrected chi connectivity index (χ4v) is 2.67. The van der Waals surface area contributed by atoms with Crippen molar-refractivity contribution in [1.82, 2.24) is 0 Å². The number of rotatable bonds is 5. The van der Waals surface area contributed by atoms with Crippen LogP contribution < -0.4 is 10.6 Å². The summed E-state index contributed by atoms with van der Waals surface area (Å²) in [5.74, 6) is 0. The molecule has 17 heavy (non-hydrogen) atoms. The van der Waals surface area contributed by atoms with Crippen molar-refractivity contribution in [1.29, 1.82) is 0 Å². The first kappa shape index (κ1) is 12.4. The predicted octanol–water partition coefficient (Wildman–Crippen LogP) is 1.89. The molecule has 2 rings (SSSR count). The molecule has 1 aromatic rings. The van der Waals surface area contributed by atoms with Gasteiger partial charge in [0, 0.05) is 24.8 Å². The number of benzene rings is 1. The van der Waals surface area contributed by atoms with Gasteiger partial charge in [-0.2, -0.15) is 0 Å². The third-order valence-corrected chi connectivity index (χ3v) is 3.61. The van der Waals surface area contributed by atoms with E-state index in [9.17, 15) is 5.11 Å². The zero-order valence-corrected chi connectivity index (χ0v) is 10.3. The topological polar surface area (TPSA) is 49.5 Å². The van der Waals surface area contributed by atoms with E-state index in [0.29, 0.717) is 12.6 Å². The zero-order chi connectivity index (χ0) is 12.1. The highest BCUT2D eigenvalue weighted by Crippen LogP contribution is 2.28. The fourth-order valence-electron chi connectivity index (χ4n) is 2.67. The van der Waals surface area contributed by atoms with Gasteiger partial charge in [-0.15, -0.1) is 0 Å². The Balaban J connectivity index is 2.12. The normalized spacial score (nSPS) is 16.4. The Morgan fingerprint density at radius 3 is 2.35 bits per heavy atom. The van der Waals surface area contributed by atoms with E-state index in [4.69, 9.17) is 5.73 Å². The standard InChI is InChI=1S/C14H22N2O/c15-11-12-5-7-14(8-6-12)16(9-10-17)13-3-1-2-4-13/h5-8,13,17H,1-4,9-11,15H2. The van der Waals surface area contributed by atoms with Crippen molar-refractivity contribution in [2.45, 2.75) is 38.3 Å². The number of anilines is 1. The molecule has 1 aliphatic rings. The molecule has 3 nitrogen and oxygen atoms in total. The molecule has 0 saturated heterocycles. The molecule has 0 amide bonds. The van der Waals surface area contributed by atoms with Crippen LogP contribution in [-0.4, -0.2) is 24.3 Å². The maximum Gasteiger partial charge on any atom is 0.0606 e. The first-order valence-corrected chi connectivity index (χ1v) is 6.51. The highest BCUT2D eigenvalue weighted by Gasteiger charge is 2.22. The Labute approximate surface area is 103 Å². The second kappa shape index (κ2) is 6.03. The molecular weight excluding hydrogens is 212 g/mol. The van der Waals surface area contributed by atoms with Gasteiger partial charge in [0.2, 0.25) is 0 Å². The van der Waals surface area contributed by atoms with Crippen LogP contribution in [0.3, 0.4) is 0 Å². The van der Waals surface area contributed by atoms with Crippen molar-refractivity contribution in [3.8, 4) is 0 Å². The summed E-state index contributed by atoms with van der Waals surface area (Å²) < 4.78 is 0. The molecule has 94 valence electrons. The maximum atomic E-state index is 9.20. The SMILES string of the molecule is NCc1ccc(N(CCO)C2CCCC2)cc1. The molecule has 0 unspecified atom stereocenters. The van der Waals surface area contributed by atoms with Crippen LogP contribution in [0.4, 0.5) is 5.69 Å².